The molecule has 2 atom stereocenters. The largest absolute Gasteiger partial charge is 0.509 e. The van der Waals surface area contributed by atoms with E-state index in [9.17, 15) is 4.79 Å². The van der Waals surface area contributed by atoms with Crippen LogP contribution >= 0.6 is 0 Å². The summed E-state index contributed by atoms with van der Waals surface area (Å²) in [5, 5.41) is 0. The van der Waals surface area contributed by atoms with Gasteiger partial charge in [-0.25, -0.2) is 4.79 Å². The average Bonchev–Trinajstić information content (AvgIpc) is 2.00. The Balaban J connectivity index is 2.94. The second kappa shape index (κ2) is 3.69. The summed E-state index contributed by atoms with van der Waals surface area (Å²) in [6.45, 7) is 12.2. The van der Waals surface area contributed by atoms with Gasteiger partial charge in [-0.3, -0.25) is 0 Å². The molecule has 0 aromatic carbocycles. The molecule has 0 aliphatic carbocycles. The molecule has 1 fully saturated rings. The molecule has 0 radical (unpaired) electrons. The Morgan fingerprint density at radius 3 is 1.60 bits per heavy atom. The van der Waals surface area contributed by atoms with Crippen LogP contribution in [0.5, 0.6) is 0 Å². The van der Waals surface area contributed by atoms with Gasteiger partial charge in [0.25, 0.3) is 0 Å². The minimum Gasteiger partial charge on any atom is -0.428 e. The molecule has 0 bridgehead atoms. The van der Waals surface area contributed by atoms with Crippen molar-refractivity contribution in [2.75, 3.05) is 0 Å². The van der Waals surface area contributed by atoms with Gasteiger partial charge in [-0.15, -0.1) is 0 Å². The number of rotatable bonds is 2. The molecule has 0 saturated carbocycles. The van der Waals surface area contributed by atoms with Gasteiger partial charge in [0.15, 0.2) is 0 Å². The molecule has 2 unspecified atom stereocenters. The lowest BCUT2D eigenvalue weighted by Crippen LogP contribution is -2.54. The molecular formula is C12H22O3. The van der Waals surface area contributed by atoms with E-state index < -0.39 is 17.4 Å². The molecule has 0 spiro atoms. The lowest BCUT2D eigenvalue weighted by molar-refractivity contribution is -0.176. The van der Waals surface area contributed by atoms with Crippen LogP contribution < -0.4 is 0 Å². The van der Waals surface area contributed by atoms with Crippen LogP contribution in [0.2, 0.25) is 0 Å². The fraction of sp³-hybridized carbons (Fsp3) is 0.917. The van der Waals surface area contributed by atoms with Gasteiger partial charge in [-0.05, 0) is 25.7 Å². The number of hydrogen-bond donors (Lipinski definition) is 0. The Morgan fingerprint density at radius 2 is 1.33 bits per heavy atom. The maximum Gasteiger partial charge on any atom is 0.509 e. The first kappa shape index (κ1) is 12.3. The van der Waals surface area contributed by atoms with E-state index in [-0.39, 0.29) is 0 Å². The Bertz CT molecular complexity index is 236. The first-order valence-corrected chi connectivity index (χ1v) is 5.61. The Labute approximate surface area is 92.1 Å². The van der Waals surface area contributed by atoms with E-state index in [1.54, 1.807) is 0 Å². The molecule has 1 rings (SSSR count). The van der Waals surface area contributed by atoms with Gasteiger partial charge in [0.1, 0.15) is 11.2 Å². The molecule has 3 nitrogen and oxygen atoms in total. The summed E-state index contributed by atoms with van der Waals surface area (Å²) in [6, 6.07) is 0. The molecule has 0 aromatic heterocycles. The predicted octanol–water partition coefficient (Wildman–Crippen LogP) is 3.37. The van der Waals surface area contributed by atoms with E-state index in [4.69, 9.17) is 9.47 Å². The van der Waals surface area contributed by atoms with Gasteiger partial charge < -0.3 is 9.47 Å². The number of carbonyl (C=O) groups excluding carboxylic acids is 1. The zero-order chi connectivity index (χ0) is 11.9. The van der Waals surface area contributed by atoms with Crippen LogP contribution in [0.1, 0.15) is 48.0 Å². The van der Waals surface area contributed by atoms with Crippen LogP contribution in [-0.2, 0) is 9.47 Å². The van der Waals surface area contributed by atoms with E-state index in [2.05, 4.69) is 27.7 Å². The predicted molar refractivity (Wildman–Crippen MR) is 58.7 cm³/mol. The van der Waals surface area contributed by atoms with E-state index >= 15 is 0 Å². The van der Waals surface area contributed by atoms with Gasteiger partial charge in [-0.2, -0.15) is 0 Å². The number of hydrogen-bond acceptors (Lipinski definition) is 3. The molecule has 1 heterocycles. The van der Waals surface area contributed by atoms with Crippen LogP contribution in [-0.4, -0.2) is 17.4 Å². The monoisotopic (exact) mass is 214 g/mol. The van der Waals surface area contributed by atoms with Crippen LogP contribution in [0, 0.1) is 11.8 Å². The molecular weight excluding hydrogens is 192 g/mol. The summed E-state index contributed by atoms with van der Waals surface area (Å²) in [5.74, 6) is 0.590. The standard InChI is InChI=1S/C12H22O3/c1-8(2)11(5)7-12(6,9(3)4)15-10(13)14-11/h8-9H,7H2,1-6H3. The molecule has 0 aromatic rings. The van der Waals surface area contributed by atoms with Crippen LogP contribution in [0.3, 0.4) is 0 Å². The first-order valence-electron chi connectivity index (χ1n) is 5.61. The van der Waals surface area contributed by atoms with Crippen molar-refractivity contribution in [2.24, 2.45) is 11.8 Å². The van der Waals surface area contributed by atoms with Gasteiger partial charge in [0.2, 0.25) is 0 Å². The van der Waals surface area contributed by atoms with Crippen molar-refractivity contribution in [1.82, 2.24) is 0 Å². The van der Waals surface area contributed by atoms with Crippen molar-refractivity contribution in [3.8, 4) is 0 Å². The van der Waals surface area contributed by atoms with Crippen molar-refractivity contribution in [2.45, 2.75) is 59.2 Å². The Kier molecular flexibility index (Phi) is 3.04. The third-order valence-corrected chi connectivity index (χ3v) is 3.78. The second-order valence-corrected chi connectivity index (χ2v) is 5.57. The SMILES string of the molecule is CC(C)C1(C)CC(C)(C(C)C)OC(=O)O1. The zero-order valence-electron chi connectivity index (χ0n) is 10.6. The van der Waals surface area contributed by atoms with Crippen LogP contribution in [0.25, 0.3) is 0 Å². The van der Waals surface area contributed by atoms with Crippen molar-refractivity contribution < 1.29 is 14.3 Å². The lowest BCUT2D eigenvalue weighted by Gasteiger charge is -2.47. The zero-order valence-corrected chi connectivity index (χ0v) is 10.6. The fourth-order valence-electron chi connectivity index (χ4n) is 1.81. The summed E-state index contributed by atoms with van der Waals surface area (Å²) in [7, 11) is 0. The molecule has 1 aliphatic rings. The second-order valence-electron chi connectivity index (χ2n) is 5.57. The summed E-state index contributed by atoms with van der Waals surface area (Å²) >= 11 is 0. The molecule has 15 heavy (non-hydrogen) atoms. The highest BCUT2D eigenvalue weighted by Crippen LogP contribution is 2.41. The van der Waals surface area contributed by atoms with Crippen molar-refractivity contribution in [3.05, 3.63) is 0 Å². The summed E-state index contributed by atoms with van der Waals surface area (Å²) in [6.07, 6.45) is 0.217. The molecule has 3 heteroatoms. The number of ether oxygens (including phenoxy) is 2. The molecule has 88 valence electrons. The van der Waals surface area contributed by atoms with Gasteiger partial charge in [0, 0.05) is 6.42 Å². The van der Waals surface area contributed by atoms with Crippen LogP contribution in [0.15, 0.2) is 0 Å². The lowest BCUT2D eigenvalue weighted by atomic mass is 9.76. The highest BCUT2D eigenvalue weighted by atomic mass is 16.8. The minimum absolute atomic E-state index is 0.295. The van der Waals surface area contributed by atoms with Crippen molar-refractivity contribution >= 4 is 6.16 Å². The quantitative estimate of drug-likeness (QED) is 0.661. The van der Waals surface area contributed by atoms with Gasteiger partial charge in [-0.1, -0.05) is 27.7 Å². The molecule has 1 saturated heterocycles. The Hall–Kier alpha value is -0.730. The summed E-state index contributed by atoms with van der Waals surface area (Å²) in [5.41, 5.74) is -0.817. The summed E-state index contributed by atoms with van der Waals surface area (Å²) < 4.78 is 10.6. The van der Waals surface area contributed by atoms with Crippen molar-refractivity contribution in [3.63, 3.8) is 0 Å². The molecule has 0 amide bonds. The Morgan fingerprint density at radius 1 is 1.00 bits per heavy atom. The van der Waals surface area contributed by atoms with E-state index in [0.717, 1.165) is 6.42 Å². The third-order valence-electron chi connectivity index (χ3n) is 3.78. The van der Waals surface area contributed by atoms with Crippen molar-refractivity contribution in [1.29, 1.82) is 0 Å². The number of cyclic esters (lactones) is 2. The fourth-order valence-corrected chi connectivity index (χ4v) is 1.81. The van der Waals surface area contributed by atoms with Gasteiger partial charge >= 0.3 is 6.16 Å². The first-order chi connectivity index (χ1) is 6.69. The molecule has 0 N–H and O–H groups in total. The van der Waals surface area contributed by atoms with E-state index in [1.807, 2.05) is 13.8 Å². The highest BCUT2D eigenvalue weighted by Gasteiger charge is 2.49. The average molecular weight is 214 g/mol. The third kappa shape index (κ3) is 2.27. The molecule has 1 aliphatic heterocycles. The maximum atomic E-state index is 11.5. The minimum atomic E-state index is -0.534. The van der Waals surface area contributed by atoms with E-state index in [0.29, 0.717) is 11.8 Å². The van der Waals surface area contributed by atoms with Crippen LogP contribution in [0.4, 0.5) is 4.79 Å². The highest BCUT2D eigenvalue weighted by molar-refractivity contribution is 5.62. The van der Waals surface area contributed by atoms with Gasteiger partial charge in [0.05, 0.1) is 0 Å². The maximum absolute atomic E-state index is 11.5. The summed E-state index contributed by atoms with van der Waals surface area (Å²) in [4.78, 5) is 11.5. The number of carbonyl (C=O) groups is 1. The topological polar surface area (TPSA) is 35.5 Å². The normalized spacial score (nSPS) is 36.7. The van der Waals surface area contributed by atoms with E-state index in [1.165, 1.54) is 0 Å². The smallest absolute Gasteiger partial charge is 0.428 e.